The zero-order valence-electron chi connectivity index (χ0n) is 12.4. The minimum Gasteiger partial charge on any atom is -0.333 e. The first-order valence-corrected chi connectivity index (χ1v) is 9.45. The molecule has 4 N–H and O–H groups in total. The second kappa shape index (κ2) is 6.63. The number of anilines is 1. The summed E-state index contributed by atoms with van der Waals surface area (Å²) in [5.74, 6) is -0.133. The van der Waals surface area contributed by atoms with Gasteiger partial charge in [0.05, 0.1) is 21.7 Å². The number of nitrogens with one attached hydrogen (secondary N) is 2. The molecule has 3 rings (SSSR count). The highest BCUT2D eigenvalue weighted by atomic mass is 32.2. The molecule has 0 aliphatic carbocycles. The van der Waals surface area contributed by atoms with E-state index in [2.05, 4.69) is 15.3 Å². The Bertz CT molecular complexity index is 966. The molecule has 0 spiro atoms. The van der Waals surface area contributed by atoms with Crippen LogP contribution in [0.1, 0.15) is 0 Å². The number of sulfonamides is 1. The molecule has 2 aromatic carbocycles. The minimum absolute atomic E-state index is 0.0507. The third-order valence-corrected chi connectivity index (χ3v) is 4.94. The molecule has 0 aliphatic rings. The van der Waals surface area contributed by atoms with Crippen LogP contribution in [0, 0.1) is 0 Å². The molecule has 0 radical (unpaired) electrons. The fraction of sp³-hybridized carbons (Fsp3) is 0.0667. The summed E-state index contributed by atoms with van der Waals surface area (Å²) in [6.45, 7) is 0. The zero-order chi connectivity index (χ0) is 17.2. The Kier molecular flexibility index (Phi) is 4.56. The predicted molar refractivity (Wildman–Crippen MR) is 93.3 cm³/mol. The normalized spacial score (nSPS) is 11.5. The van der Waals surface area contributed by atoms with Gasteiger partial charge in [0, 0.05) is 5.69 Å². The van der Waals surface area contributed by atoms with Crippen LogP contribution >= 0.6 is 11.8 Å². The maximum atomic E-state index is 12.0. The maximum Gasteiger partial charge on any atom is 0.238 e. The number of hydrogen-bond donors (Lipinski definition) is 3. The molecule has 7 nitrogen and oxygen atoms in total. The number of carbonyl (C=O) groups excluding carboxylic acids is 1. The number of para-hydroxylation sites is 2. The number of thioether (sulfide) groups is 1. The van der Waals surface area contributed by atoms with Crippen molar-refractivity contribution >= 4 is 44.4 Å². The van der Waals surface area contributed by atoms with Gasteiger partial charge >= 0.3 is 0 Å². The van der Waals surface area contributed by atoms with Gasteiger partial charge in [0.2, 0.25) is 15.9 Å². The van der Waals surface area contributed by atoms with Crippen molar-refractivity contribution in [3.05, 3.63) is 48.5 Å². The molecule has 0 fully saturated rings. The van der Waals surface area contributed by atoms with E-state index in [0.29, 0.717) is 10.8 Å². The van der Waals surface area contributed by atoms with E-state index in [9.17, 15) is 13.2 Å². The van der Waals surface area contributed by atoms with Gasteiger partial charge in [0.1, 0.15) is 0 Å². The third kappa shape index (κ3) is 3.94. The summed E-state index contributed by atoms with van der Waals surface area (Å²) in [5.41, 5.74) is 2.11. The van der Waals surface area contributed by atoms with E-state index >= 15 is 0 Å². The Labute approximate surface area is 142 Å². The molecule has 24 heavy (non-hydrogen) atoms. The molecule has 0 aliphatic heterocycles. The number of amides is 1. The van der Waals surface area contributed by atoms with E-state index in [-0.39, 0.29) is 16.6 Å². The van der Waals surface area contributed by atoms with Crippen LogP contribution in [-0.2, 0) is 14.8 Å². The van der Waals surface area contributed by atoms with Crippen molar-refractivity contribution in [3.63, 3.8) is 0 Å². The maximum absolute atomic E-state index is 12.0. The molecule has 3 aromatic rings. The average molecular weight is 362 g/mol. The number of carbonyl (C=O) groups is 1. The van der Waals surface area contributed by atoms with Gasteiger partial charge in [-0.2, -0.15) is 0 Å². The van der Waals surface area contributed by atoms with Crippen LogP contribution in [0.2, 0.25) is 0 Å². The summed E-state index contributed by atoms with van der Waals surface area (Å²) < 4.78 is 22.6. The molecule has 9 heteroatoms. The van der Waals surface area contributed by atoms with Gasteiger partial charge in [-0.1, -0.05) is 30.0 Å². The number of imidazole rings is 1. The van der Waals surface area contributed by atoms with Crippen LogP contribution in [0.5, 0.6) is 0 Å². The zero-order valence-corrected chi connectivity index (χ0v) is 14.0. The first kappa shape index (κ1) is 16.5. The van der Waals surface area contributed by atoms with Gasteiger partial charge in [-0.05, 0) is 30.3 Å². The van der Waals surface area contributed by atoms with Crippen LogP contribution in [0.15, 0.2) is 58.6 Å². The van der Waals surface area contributed by atoms with E-state index in [1.807, 2.05) is 24.3 Å². The van der Waals surface area contributed by atoms with Crippen LogP contribution in [0.3, 0.4) is 0 Å². The number of primary sulfonamides is 1. The Hall–Kier alpha value is -2.36. The molecular weight excluding hydrogens is 348 g/mol. The van der Waals surface area contributed by atoms with Crippen LogP contribution in [-0.4, -0.2) is 30.0 Å². The van der Waals surface area contributed by atoms with Crippen molar-refractivity contribution in [1.29, 1.82) is 0 Å². The number of H-pyrrole nitrogens is 1. The molecule has 0 saturated heterocycles. The highest BCUT2D eigenvalue weighted by Crippen LogP contribution is 2.20. The summed E-state index contributed by atoms with van der Waals surface area (Å²) in [6.07, 6.45) is 0. The number of aromatic nitrogens is 2. The first-order valence-electron chi connectivity index (χ1n) is 6.92. The van der Waals surface area contributed by atoms with E-state index < -0.39 is 10.0 Å². The van der Waals surface area contributed by atoms with Crippen LogP contribution in [0.25, 0.3) is 11.0 Å². The van der Waals surface area contributed by atoms with Gasteiger partial charge in [0.25, 0.3) is 0 Å². The number of hydrogen-bond acceptors (Lipinski definition) is 5. The summed E-state index contributed by atoms with van der Waals surface area (Å²) >= 11 is 1.26. The van der Waals surface area contributed by atoms with Gasteiger partial charge in [-0.3, -0.25) is 4.79 Å². The molecule has 0 atom stereocenters. The third-order valence-electron chi connectivity index (χ3n) is 3.15. The molecule has 0 saturated carbocycles. The van der Waals surface area contributed by atoms with Crippen LogP contribution < -0.4 is 10.5 Å². The topological polar surface area (TPSA) is 118 Å². The standard InChI is InChI=1S/C15H14N4O3S2/c16-24(21,22)11-5-3-4-10(8-11)17-14(20)9-23-15-18-12-6-1-2-7-13(12)19-15/h1-8H,9H2,(H,17,20)(H,18,19)(H2,16,21,22). The van der Waals surface area contributed by atoms with Crippen molar-refractivity contribution in [3.8, 4) is 0 Å². The van der Waals surface area contributed by atoms with E-state index in [0.717, 1.165) is 11.0 Å². The molecule has 0 unspecified atom stereocenters. The van der Waals surface area contributed by atoms with Crippen molar-refractivity contribution in [2.24, 2.45) is 5.14 Å². The number of aromatic amines is 1. The monoisotopic (exact) mass is 362 g/mol. The van der Waals surface area contributed by atoms with Crippen molar-refractivity contribution in [1.82, 2.24) is 9.97 Å². The van der Waals surface area contributed by atoms with Crippen molar-refractivity contribution in [2.45, 2.75) is 10.1 Å². The Morgan fingerprint density at radius 2 is 2.00 bits per heavy atom. The van der Waals surface area contributed by atoms with E-state index in [1.54, 1.807) is 6.07 Å². The number of fused-ring (bicyclic) bond motifs is 1. The summed E-state index contributed by atoms with van der Waals surface area (Å²) in [5, 5.41) is 8.35. The first-order chi connectivity index (χ1) is 11.4. The Balaban J connectivity index is 1.63. The lowest BCUT2D eigenvalue weighted by Gasteiger charge is -2.06. The molecule has 1 aromatic heterocycles. The summed E-state index contributed by atoms with van der Waals surface area (Å²) in [6, 6.07) is 13.4. The highest BCUT2D eigenvalue weighted by Gasteiger charge is 2.10. The van der Waals surface area contributed by atoms with Gasteiger partial charge in [-0.25, -0.2) is 18.5 Å². The van der Waals surface area contributed by atoms with Crippen molar-refractivity contribution in [2.75, 3.05) is 11.1 Å². The van der Waals surface area contributed by atoms with Gasteiger partial charge in [-0.15, -0.1) is 0 Å². The van der Waals surface area contributed by atoms with E-state index in [1.165, 1.54) is 30.0 Å². The lowest BCUT2D eigenvalue weighted by Crippen LogP contribution is -2.16. The molecule has 1 heterocycles. The van der Waals surface area contributed by atoms with Gasteiger partial charge in [0.15, 0.2) is 5.16 Å². The smallest absolute Gasteiger partial charge is 0.238 e. The Morgan fingerprint density at radius 1 is 1.21 bits per heavy atom. The molecule has 0 bridgehead atoms. The molecular formula is C15H14N4O3S2. The van der Waals surface area contributed by atoms with Crippen molar-refractivity contribution < 1.29 is 13.2 Å². The lowest BCUT2D eigenvalue weighted by molar-refractivity contribution is -0.113. The fourth-order valence-electron chi connectivity index (χ4n) is 2.08. The number of nitrogens with two attached hydrogens (primary N) is 1. The number of rotatable bonds is 5. The van der Waals surface area contributed by atoms with Gasteiger partial charge < -0.3 is 10.3 Å². The summed E-state index contributed by atoms with van der Waals surface area (Å²) in [7, 11) is -3.80. The summed E-state index contributed by atoms with van der Waals surface area (Å²) in [4.78, 5) is 19.4. The molecule has 1 amide bonds. The predicted octanol–water partition coefficient (Wildman–Crippen LogP) is 1.94. The fourth-order valence-corrected chi connectivity index (χ4v) is 3.32. The van der Waals surface area contributed by atoms with E-state index in [4.69, 9.17) is 5.14 Å². The average Bonchev–Trinajstić information content (AvgIpc) is 2.95. The molecule has 124 valence electrons. The minimum atomic E-state index is -3.80. The second-order valence-corrected chi connectivity index (χ2v) is 7.49. The number of nitrogens with zero attached hydrogens (tertiary/aromatic N) is 1. The second-order valence-electron chi connectivity index (χ2n) is 4.97. The Morgan fingerprint density at radius 3 is 2.75 bits per heavy atom. The SMILES string of the molecule is NS(=O)(=O)c1cccc(NC(=O)CSc2nc3ccccc3[nH]2)c1. The highest BCUT2D eigenvalue weighted by molar-refractivity contribution is 7.99. The largest absolute Gasteiger partial charge is 0.333 e. The van der Waals surface area contributed by atoms with Crippen LogP contribution in [0.4, 0.5) is 5.69 Å². The quantitative estimate of drug-likeness (QED) is 0.600. The lowest BCUT2D eigenvalue weighted by atomic mass is 10.3. The number of benzene rings is 2.